The molecule has 3 aromatic carbocycles. The number of aliphatic carboxylic acids is 1. The van der Waals surface area contributed by atoms with Gasteiger partial charge in [-0.05, 0) is 34.4 Å². The predicted octanol–water partition coefficient (Wildman–Crippen LogP) is 3.36. The van der Waals surface area contributed by atoms with E-state index in [0.717, 1.165) is 28.3 Å². The van der Waals surface area contributed by atoms with Crippen molar-refractivity contribution in [2.45, 2.75) is 12.0 Å². The molecule has 0 saturated carbocycles. The van der Waals surface area contributed by atoms with E-state index in [2.05, 4.69) is 10.6 Å². The van der Waals surface area contributed by atoms with E-state index in [1.807, 2.05) is 48.5 Å². The molecule has 0 saturated heterocycles. The second-order valence-corrected chi connectivity index (χ2v) is 7.66. The number of aliphatic hydroxyl groups excluding tert-OH is 1. The zero-order valence-electron chi connectivity index (χ0n) is 17.8. The van der Waals surface area contributed by atoms with E-state index in [0.29, 0.717) is 0 Å². The van der Waals surface area contributed by atoms with E-state index in [1.54, 1.807) is 0 Å². The molecule has 0 fully saturated rings. The van der Waals surface area contributed by atoms with E-state index in [9.17, 15) is 18.8 Å². The fourth-order valence-corrected chi connectivity index (χ4v) is 4.00. The van der Waals surface area contributed by atoms with E-state index in [-0.39, 0.29) is 18.1 Å². The number of para-hydroxylation sites is 1. The van der Waals surface area contributed by atoms with Gasteiger partial charge >= 0.3 is 12.1 Å². The van der Waals surface area contributed by atoms with Crippen LogP contribution in [0.25, 0.3) is 11.1 Å². The molecule has 174 valence electrons. The smallest absolute Gasteiger partial charge is 0.411 e. The predicted molar refractivity (Wildman–Crippen MR) is 121 cm³/mol. The van der Waals surface area contributed by atoms with Crippen molar-refractivity contribution in [2.75, 3.05) is 18.5 Å². The molecule has 8 nitrogen and oxygen atoms in total. The van der Waals surface area contributed by atoms with Crippen molar-refractivity contribution in [3.05, 3.63) is 89.2 Å². The number of carbonyl (C=O) groups is 3. The summed E-state index contributed by atoms with van der Waals surface area (Å²) in [7, 11) is 0. The number of hydrogen-bond donors (Lipinski definition) is 4. The Bertz CT molecular complexity index is 1220. The van der Waals surface area contributed by atoms with Crippen LogP contribution in [-0.4, -0.2) is 47.4 Å². The van der Waals surface area contributed by atoms with E-state index < -0.39 is 42.1 Å². The van der Waals surface area contributed by atoms with Gasteiger partial charge in [0.2, 0.25) is 0 Å². The van der Waals surface area contributed by atoms with Crippen LogP contribution in [0.3, 0.4) is 0 Å². The third-order valence-electron chi connectivity index (χ3n) is 5.61. The molecule has 1 atom stereocenters. The van der Waals surface area contributed by atoms with Gasteiger partial charge in [-0.25, -0.2) is 14.0 Å². The van der Waals surface area contributed by atoms with Crippen LogP contribution in [0, 0.1) is 5.82 Å². The first-order chi connectivity index (χ1) is 16.4. The first-order valence-electron chi connectivity index (χ1n) is 10.5. The molecule has 3 aromatic rings. The minimum absolute atomic E-state index is 0.0125. The minimum atomic E-state index is -1.59. The summed E-state index contributed by atoms with van der Waals surface area (Å²) in [4.78, 5) is 36.1. The maximum absolute atomic E-state index is 14.5. The van der Waals surface area contributed by atoms with Crippen molar-refractivity contribution in [2.24, 2.45) is 0 Å². The second-order valence-electron chi connectivity index (χ2n) is 7.66. The van der Waals surface area contributed by atoms with Crippen molar-refractivity contribution in [3.8, 4) is 11.1 Å². The lowest BCUT2D eigenvalue weighted by Gasteiger charge is -2.17. The summed E-state index contributed by atoms with van der Waals surface area (Å²) in [5.41, 5.74) is 3.35. The topological polar surface area (TPSA) is 125 Å². The molecule has 0 spiro atoms. The maximum atomic E-state index is 14.5. The number of rotatable bonds is 7. The van der Waals surface area contributed by atoms with Gasteiger partial charge in [0.05, 0.1) is 17.9 Å². The van der Waals surface area contributed by atoms with Crippen LogP contribution in [0.4, 0.5) is 14.9 Å². The Hall–Kier alpha value is -4.24. The van der Waals surface area contributed by atoms with Crippen LogP contribution in [0.2, 0.25) is 0 Å². The molecule has 1 aliphatic rings. The van der Waals surface area contributed by atoms with Crippen molar-refractivity contribution in [3.63, 3.8) is 0 Å². The van der Waals surface area contributed by atoms with Gasteiger partial charge in [-0.3, -0.25) is 10.1 Å². The monoisotopic (exact) mass is 464 g/mol. The number of ether oxygens (including phenoxy) is 1. The molecule has 9 heteroatoms. The highest BCUT2D eigenvalue weighted by atomic mass is 19.1. The number of carboxylic acid groups (broad SMARTS) is 1. The summed E-state index contributed by atoms with van der Waals surface area (Å²) in [5, 5.41) is 22.4. The molecular weight excluding hydrogens is 443 g/mol. The highest BCUT2D eigenvalue weighted by molar-refractivity contribution is 6.04. The molecule has 0 bridgehead atoms. The van der Waals surface area contributed by atoms with Crippen LogP contribution in [-0.2, 0) is 9.53 Å². The number of amides is 2. The Morgan fingerprint density at radius 1 is 0.941 bits per heavy atom. The summed E-state index contributed by atoms with van der Waals surface area (Å²) in [6.45, 7) is -0.868. The molecule has 2 amide bonds. The molecule has 4 N–H and O–H groups in total. The van der Waals surface area contributed by atoms with Gasteiger partial charge in [-0.1, -0.05) is 54.6 Å². The van der Waals surface area contributed by atoms with Crippen molar-refractivity contribution >= 4 is 23.7 Å². The van der Waals surface area contributed by atoms with Crippen LogP contribution in [0.5, 0.6) is 0 Å². The second kappa shape index (κ2) is 9.72. The highest BCUT2D eigenvalue weighted by Gasteiger charge is 2.29. The molecular formula is C25H21FN2O6. The summed E-state index contributed by atoms with van der Waals surface area (Å²) >= 11 is 0. The standard InChI is InChI=1S/C25H21FN2O6/c26-20-11-5-10-18(23(30)27-21(12-29)24(31)32)22(20)28-25(33)34-13-19-16-8-3-1-6-14(16)15-7-2-4-9-17(15)19/h1-11,19,21,29H,12-13H2,(H,27,30)(H,28,33)(H,31,32)/t21-/m1/s1. The molecule has 0 unspecified atom stereocenters. The number of hydrogen-bond acceptors (Lipinski definition) is 5. The lowest BCUT2D eigenvalue weighted by molar-refractivity contribution is -0.140. The SMILES string of the molecule is O=C(Nc1c(F)cccc1C(=O)N[C@H](CO)C(=O)O)OCC1c2ccccc2-c2ccccc21. The Labute approximate surface area is 194 Å². The van der Waals surface area contributed by atoms with Crippen LogP contribution in [0.15, 0.2) is 66.7 Å². The van der Waals surface area contributed by atoms with Gasteiger partial charge in [-0.15, -0.1) is 0 Å². The molecule has 0 aliphatic heterocycles. The number of anilines is 1. The Morgan fingerprint density at radius 2 is 1.56 bits per heavy atom. The fourth-order valence-electron chi connectivity index (χ4n) is 4.00. The largest absolute Gasteiger partial charge is 0.480 e. The van der Waals surface area contributed by atoms with Gasteiger partial charge in [0, 0.05) is 5.92 Å². The summed E-state index contributed by atoms with van der Waals surface area (Å²) in [6.07, 6.45) is -0.974. The third kappa shape index (κ3) is 4.46. The fraction of sp³-hybridized carbons (Fsp3) is 0.160. The summed E-state index contributed by atoms with van der Waals surface area (Å²) < 4.78 is 19.9. The van der Waals surface area contributed by atoms with Gasteiger partial charge in [0.25, 0.3) is 5.91 Å². The molecule has 0 radical (unpaired) electrons. The van der Waals surface area contributed by atoms with Gasteiger partial charge < -0.3 is 20.3 Å². The van der Waals surface area contributed by atoms with E-state index in [1.165, 1.54) is 12.1 Å². The average Bonchev–Trinajstić information content (AvgIpc) is 3.16. The van der Waals surface area contributed by atoms with Gasteiger partial charge in [0.15, 0.2) is 6.04 Å². The van der Waals surface area contributed by atoms with Crippen LogP contribution in [0.1, 0.15) is 27.4 Å². The minimum Gasteiger partial charge on any atom is -0.480 e. The molecule has 4 rings (SSSR count). The number of carboxylic acids is 1. The zero-order valence-corrected chi connectivity index (χ0v) is 17.8. The number of aliphatic hydroxyl groups is 1. The third-order valence-corrected chi connectivity index (χ3v) is 5.61. The van der Waals surface area contributed by atoms with Crippen LogP contribution >= 0.6 is 0 Å². The van der Waals surface area contributed by atoms with Crippen LogP contribution < -0.4 is 10.6 Å². The van der Waals surface area contributed by atoms with Crippen molar-refractivity contribution in [1.29, 1.82) is 0 Å². The highest BCUT2D eigenvalue weighted by Crippen LogP contribution is 2.44. The first-order valence-corrected chi connectivity index (χ1v) is 10.5. The Kier molecular flexibility index (Phi) is 6.55. The molecule has 34 heavy (non-hydrogen) atoms. The van der Waals surface area contributed by atoms with Gasteiger partial charge in [0.1, 0.15) is 12.4 Å². The normalized spacial score (nSPS) is 12.9. The van der Waals surface area contributed by atoms with Gasteiger partial charge in [-0.2, -0.15) is 0 Å². The number of halogens is 1. The summed E-state index contributed by atoms with van der Waals surface area (Å²) in [6, 6.07) is 17.5. The molecule has 0 heterocycles. The van der Waals surface area contributed by atoms with E-state index >= 15 is 0 Å². The number of benzene rings is 3. The number of fused-ring (bicyclic) bond motifs is 3. The quantitative estimate of drug-likeness (QED) is 0.425. The lowest BCUT2D eigenvalue weighted by atomic mass is 9.98. The molecule has 1 aliphatic carbocycles. The zero-order chi connectivity index (χ0) is 24.2. The molecule has 0 aromatic heterocycles. The van der Waals surface area contributed by atoms with Crippen molar-refractivity contribution in [1.82, 2.24) is 5.32 Å². The van der Waals surface area contributed by atoms with E-state index in [4.69, 9.17) is 14.9 Å². The first kappa shape index (κ1) is 22.9. The Morgan fingerprint density at radius 3 is 2.15 bits per heavy atom. The number of carbonyl (C=O) groups excluding carboxylic acids is 2. The Balaban J connectivity index is 1.49. The lowest BCUT2D eigenvalue weighted by Crippen LogP contribution is -2.43. The average molecular weight is 464 g/mol. The van der Waals surface area contributed by atoms with Crippen molar-refractivity contribution < 1.29 is 33.7 Å². The number of nitrogens with one attached hydrogen (secondary N) is 2. The summed E-state index contributed by atoms with van der Waals surface area (Å²) in [5.74, 6) is -3.55. The maximum Gasteiger partial charge on any atom is 0.411 e.